The molecule has 0 heterocycles. The summed E-state index contributed by atoms with van der Waals surface area (Å²) in [6.45, 7) is 3.12. The van der Waals surface area contributed by atoms with Gasteiger partial charge in [0.2, 0.25) is 11.8 Å². The van der Waals surface area contributed by atoms with Crippen LogP contribution in [-0.4, -0.2) is 29.5 Å². The zero-order chi connectivity index (χ0) is 18.2. The number of carbonyl (C=O) groups excluding carboxylic acids is 3. The molecule has 1 aromatic rings. The van der Waals surface area contributed by atoms with Crippen LogP contribution in [0, 0.1) is 0 Å². The fraction of sp³-hybridized carbons (Fsp3) is 0.444. The van der Waals surface area contributed by atoms with Crippen molar-refractivity contribution in [2.24, 2.45) is 5.10 Å². The summed E-state index contributed by atoms with van der Waals surface area (Å²) in [6, 6.07) is 6.75. The molecule has 0 aliphatic heterocycles. The van der Waals surface area contributed by atoms with Crippen LogP contribution in [0.15, 0.2) is 29.4 Å². The van der Waals surface area contributed by atoms with Gasteiger partial charge in [0.05, 0.1) is 6.42 Å². The average molecular weight is 344 g/mol. The Kier molecular flexibility index (Phi) is 6.68. The van der Waals surface area contributed by atoms with E-state index in [4.69, 9.17) is 0 Å². The summed E-state index contributed by atoms with van der Waals surface area (Å²) in [5.41, 5.74) is 4.02. The molecule has 0 aromatic heterocycles. The summed E-state index contributed by atoms with van der Waals surface area (Å²) >= 11 is 0. The van der Waals surface area contributed by atoms with Gasteiger partial charge in [0.15, 0.2) is 0 Å². The maximum absolute atomic E-state index is 12.0. The van der Waals surface area contributed by atoms with E-state index >= 15 is 0 Å². The number of benzene rings is 1. The van der Waals surface area contributed by atoms with Crippen LogP contribution in [0.2, 0.25) is 0 Å². The molecule has 1 aliphatic carbocycles. The van der Waals surface area contributed by atoms with Crippen molar-refractivity contribution in [3.63, 3.8) is 0 Å². The first-order chi connectivity index (χ1) is 11.9. The van der Waals surface area contributed by atoms with Gasteiger partial charge in [-0.1, -0.05) is 12.8 Å². The number of hydrogen-bond donors (Lipinski definition) is 3. The maximum Gasteiger partial charge on any atom is 0.271 e. The molecule has 0 radical (unpaired) electrons. The molecule has 2 rings (SSSR count). The molecule has 7 nitrogen and oxygen atoms in total. The number of amides is 3. The molecule has 0 bridgehead atoms. The molecule has 0 unspecified atom stereocenters. The van der Waals surface area contributed by atoms with Gasteiger partial charge in [0.25, 0.3) is 5.91 Å². The van der Waals surface area contributed by atoms with Crippen LogP contribution in [0.25, 0.3) is 0 Å². The molecule has 25 heavy (non-hydrogen) atoms. The third-order valence-corrected chi connectivity index (χ3v) is 3.95. The van der Waals surface area contributed by atoms with Crippen molar-refractivity contribution < 1.29 is 14.4 Å². The van der Waals surface area contributed by atoms with E-state index in [1.165, 1.54) is 6.92 Å². The molecule has 0 saturated heterocycles. The SMILES string of the molecule is CC(=O)Nc1ccc(C(=O)N/N=C(/C)CC(=O)NC2CCCC2)cc1. The third kappa shape index (κ3) is 6.37. The molecule has 3 amide bonds. The van der Waals surface area contributed by atoms with Crippen LogP contribution in [0.3, 0.4) is 0 Å². The number of rotatable bonds is 6. The first-order valence-corrected chi connectivity index (χ1v) is 8.44. The number of nitrogens with one attached hydrogen (secondary N) is 3. The van der Waals surface area contributed by atoms with E-state index in [2.05, 4.69) is 21.2 Å². The normalized spacial score (nSPS) is 14.9. The topological polar surface area (TPSA) is 99.7 Å². The van der Waals surface area contributed by atoms with Crippen LogP contribution in [0.5, 0.6) is 0 Å². The van der Waals surface area contributed by atoms with E-state index in [-0.39, 0.29) is 30.2 Å². The second-order valence-corrected chi connectivity index (χ2v) is 6.27. The molecule has 1 saturated carbocycles. The van der Waals surface area contributed by atoms with Gasteiger partial charge in [-0.15, -0.1) is 0 Å². The van der Waals surface area contributed by atoms with Crippen LogP contribution in [-0.2, 0) is 9.59 Å². The highest BCUT2D eigenvalue weighted by Crippen LogP contribution is 2.17. The summed E-state index contributed by atoms with van der Waals surface area (Å²) in [4.78, 5) is 34.9. The van der Waals surface area contributed by atoms with Gasteiger partial charge in [0, 0.05) is 29.9 Å². The van der Waals surface area contributed by atoms with E-state index in [1.54, 1.807) is 31.2 Å². The highest BCUT2D eigenvalue weighted by Gasteiger charge is 2.17. The van der Waals surface area contributed by atoms with Crippen LogP contribution < -0.4 is 16.1 Å². The predicted molar refractivity (Wildman–Crippen MR) is 96.3 cm³/mol. The van der Waals surface area contributed by atoms with Gasteiger partial charge < -0.3 is 10.6 Å². The Balaban J connectivity index is 1.81. The Morgan fingerprint density at radius 2 is 1.72 bits per heavy atom. The Hall–Kier alpha value is -2.70. The Labute approximate surface area is 147 Å². The summed E-state index contributed by atoms with van der Waals surface area (Å²) in [5.74, 6) is -0.611. The van der Waals surface area contributed by atoms with Crippen molar-refractivity contribution in [3.8, 4) is 0 Å². The van der Waals surface area contributed by atoms with Crippen molar-refractivity contribution in [3.05, 3.63) is 29.8 Å². The third-order valence-electron chi connectivity index (χ3n) is 3.95. The fourth-order valence-corrected chi connectivity index (χ4v) is 2.74. The number of hydrazone groups is 1. The first kappa shape index (κ1) is 18.6. The van der Waals surface area contributed by atoms with E-state index in [1.807, 2.05) is 0 Å². The lowest BCUT2D eigenvalue weighted by Gasteiger charge is -2.11. The fourth-order valence-electron chi connectivity index (χ4n) is 2.74. The second kappa shape index (κ2) is 8.96. The average Bonchev–Trinajstić information content (AvgIpc) is 3.05. The molecule has 1 aromatic carbocycles. The highest BCUT2D eigenvalue weighted by atomic mass is 16.2. The largest absolute Gasteiger partial charge is 0.353 e. The maximum atomic E-state index is 12.0. The van der Waals surface area contributed by atoms with Crippen molar-refractivity contribution in [1.29, 1.82) is 0 Å². The van der Waals surface area contributed by atoms with Crippen molar-refractivity contribution in [2.45, 2.75) is 52.0 Å². The van der Waals surface area contributed by atoms with Gasteiger partial charge in [-0.25, -0.2) is 5.43 Å². The van der Waals surface area contributed by atoms with Gasteiger partial charge in [-0.3, -0.25) is 14.4 Å². The van der Waals surface area contributed by atoms with Gasteiger partial charge in [0.1, 0.15) is 0 Å². The quantitative estimate of drug-likeness (QED) is 0.545. The van der Waals surface area contributed by atoms with E-state index in [9.17, 15) is 14.4 Å². The molecular formula is C18H24N4O3. The van der Waals surface area contributed by atoms with Crippen LogP contribution in [0.4, 0.5) is 5.69 Å². The lowest BCUT2D eigenvalue weighted by atomic mass is 10.2. The van der Waals surface area contributed by atoms with E-state index < -0.39 is 0 Å². The molecule has 1 fully saturated rings. The summed E-state index contributed by atoms with van der Waals surface area (Å²) in [5, 5.41) is 9.59. The van der Waals surface area contributed by atoms with E-state index in [0.29, 0.717) is 17.0 Å². The van der Waals surface area contributed by atoms with E-state index in [0.717, 1.165) is 25.7 Å². The highest BCUT2D eigenvalue weighted by molar-refractivity contribution is 6.01. The zero-order valence-electron chi connectivity index (χ0n) is 14.6. The number of hydrogen-bond acceptors (Lipinski definition) is 4. The molecule has 7 heteroatoms. The monoisotopic (exact) mass is 344 g/mol. The first-order valence-electron chi connectivity index (χ1n) is 8.44. The van der Waals surface area contributed by atoms with Gasteiger partial charge in [-0.2, -0.15) is 5.10 Å². The number of carbonyl (C=O) groups is 3. The van der Waals surface area contributed by atoms with Crippen molar-refractivity contribution >= 4 is 29.1 Å². The molecule has 134 valence electrons. The predicted octanol–water partition coefficient (Wildman–Crippen LogP) is 2.20. The lowest BCUT2D eigenvalue weighted by molar-refractivity contribution is -0.120. The second-order valence-electron chi connectivity index (χ2n) is 6.27. The minimum atomic E-state index is -0.370. The Bertz CT molecular complexity index is 661. The molecular weight excluding hydrogens is 320 g/mol. The van der Waals surface area contributed by atoms with Crippen LogP contribution >= 0.6 is 0 Å². The Morgan fingerprint density at radius 1 is 1.08 bits per heavy atom. The van der Waals surface area contributed by atoms with Gasteiger partial charge >= 0.3 is 0 Å². The number of nitrogens with zero attached hydrogens (tertiary/aromatic N) is 1. The standard InChI is InChI=1S/C18H24N4O3/c1-12(11-17(24)20-15-5-3-4-6-15)21-22-18(25)14-7-9-16(10-8-14)19-13(2)23/h7-10,15H,3-6,11H2,1-2H3,(H,19,23)(H,20,24)(H,22,25)/b21-12-. The molecule has 0 spiro atoms. The summed E-state index contributed by atoms with van der Waals surface area (Å²) < 4.78 is 0. The smallest absolute Gasteiger partial charge is 0.271 e. The molecule has 1 aliphatic rings. The van der Waals surface area contributed by atoms with Crippen molar-refractivity contribution in [1.82, 2.24) is 10.7 Å². The zero-order valence-corrected chi connectivity index (χ0v) is 14.6. The van der Waals surface area contributed by atoms with Crippen LogP contribution in [0.1, 0.15) is 56.3 Å². The minimum absolute atomic E-state index is 0.0675. The number of anilines is 1. The molecule has 3 N–H and O–H groups in total. The van der Waals surface area contributed by atoms with Crippen molar-refractivity contribution in [2.75, 3.05) is 5.32 Å². The summed E-state index contributed by atoms with van der Waals surface area (Å²) in [6.07, 6.45) is 4.56. The van der Waals surface area contributed by atoms with Gasteiger partial charge in [-0.05, 0) is 44.0 Å². The summed E-state index contributed by atoms with van der Waals surface area (Å²) in [7, 11) is 0. The lowest BCUT2D eigenvalue weighted by Crippen LogP contribution is -2.33. The molecule has 0 atom stereocenters. The Morgan fingerprint density at radius 3 is 2.32 bits per heavy atom. The minimum Gasteiger partial charge on any atom is -0.353 e.